The third kappa shape index (κ3) is 5.46. The first-order valence-electron chi connectivity index (χ1n) is 14.5. The van der Waals surface area contributed by atoms with Gasteiger partial charge in [0.25, 0.3) is 0 Å². The molecule has 4 nitrogen and oxygen atoms in total. The Morgan fingerprint density at radius 2 is 1.29 bits per heavy atom. The van der Waals surface area contributed by atoms with Crippen molar-refractivity contribution < 1.29 is 25.8 Å². The van der Waals surface area contributed by atoms with Crippen molar-refractivity contribution in [3.8, 4) is 50.8 Å². The molecule has 0 N–H and O–H groups in total. The molecular weight excluding hydrogens is 734 g/mol. The van der Waals surface area contributed by atoms with Crippen LogP contribution >= 0.6 is 0 Å². The van der Waals surface area contributed by atoms with Crippen molar-refractivity contribution in [3.05, 3.63) is 164 Å². The summed E-state index contributed by atoms with van der Waals surface area (Å²) in [6, 6.07) is 54.4. The van der Waals surface area contributed by atoms with E-state index in [0.717, 1.165) is 61.0 Å². The summed E-state index contributed by atoms with van der Waals surface area (Å²) in [5, 5.41) is 2.27. The molecular formula is C40H25N3OPt. The van der Waals surface area contributed by atoms with E-state index in [-0.39, 0.29) is 21.1 Å². The Morgan fingerprint density at radius 3 is 2.13 bits per heavy atom. The summed E-state index contributed by atoms with van der Waals surface area (Å²) in [4.78, 5) is 9.34. The van der Waals surface area contributed by atoms with Gasteiger partial charge in [0.1, 0.15) is 5.82 Å². The molecule has 0 aliphatic rings. The largest absolute Gasteiger partial charge is 2.00 e. The first kappa shape index (κ1) is 28.5. The van der Waals surface area contributed by atoms with Crippen LogP contribution in [0.25, 0.3) is 61.0 Å². The quantitative estimate of drug-likeness (QED) is 0.159. The number of aromatic nitrogens is 3. The summed E-state index contributed by atoms with van der Waals surface area (Å²) in [5.41, 5.74) is 8.06. The zero-order valence-electron chi connectivity index (χ0n) is 24.0. The molecule has 3 heterocycles. The van der Waals surface area contributed by atoms with Crippen LogP contribution < -0.4 is 4.74 Å². The number of rotatable bonds is 6. The zero-order chi connectivity index (χ0) is 29.3. The second kappa shape index (κ2) is 12.4. The van der Waals surface area contributed by atoms with Crippen LogP contribution in [0.3, 0.4) is 0 Å². The summed E-state index contributed by atoms with van der Waals surface area (Å²) < 4.78 is 8.51. The van der Waals surface area contributed by atoms with Gasteiger partial charge in [0.2, 0.25) is 5.88 Å². The van der Waals surface area contributed by atoms with Crippen LogP contribution in [-0.4, -0.2) is 14.5 Å². The molecule has 0 bridgehead atoms. The number of hydrogen-bond acceptors (Lipinski definition) is 3. The van der Waals surface area contributed by atoms with Gasteiger partial charge in [0, 0.05) is 29.2 Å². The molecule has 0 fully saturated rings. The molecule has 216 valence electrons. The van der Waals surface area contributed by atoms with Crippen LogP contribution in [0.1, 0.15) is 0 Å². The maximum absolute atomic E-state index is 6.31. The zero-order valence-corrected chi connectivity index (χ0v) is 26.3. The molecule has 8 rings (SSSR count). The molecule has 8 aromatic rings. The Balaban J connectivity index is 0.00000325. The molecule has 5 aromatic carbocycles. The number of nitrogens with zero attached hydrogens (tertiary/aromatic N) is 3. The summed E-state index contributed by atoms with van der Waals surface area (Å²) in [6.45, 7) is 0. The van der Waals surface area contributed by atoms with Crippen LogP contribution in [0, 0.1) is 12.1 Å². The molecule has 0 saturated heterocycles. The fourth-order valence-corrected chi connectivity index (χ4v) is 5.72. The van der Waals surface area contributed by atoms with Gasteiger partial charge >= 0.3 is 21.1 Å². The fraction of sp³-hybridized carbons (Fsp3) is 0. The van der Waals surface area contributed by atoms with E-state index in [0.29, 0.717) is 11.6 Å². The average molecular weight is 759 g/mol. The minimum absolute atomic E-state index is 0. The minimum atomic E-state index is 0. The number of pyridine rings is 2. The molecule has 0 aliphatic heterocycles. The monoisotopic (exact) mass is 758 g/mol. The molecule has 0 atom stereocenters. The number of benzene rings is 5. The summed E-state index contributed by atoms with van der Waals surface area (Å²) in [5.74, 6) is 1.97. The van der Waals surface area contributed by atoms with Crippen LogP contribution in [0.2, 0.25) is 0 Å². The van der Waals surface area contributed by atoms with E-state index >= 15 is 0 Å². The van der Waals surface area contributed by atoms with E-state index in [1.165, 1.54) is 0 Å². The normalized spacial score (nSPS) is 10.9. The van der Waals surface area contributed by atoms with E-state index < -0.39 is 0 Å². The molecule has 0 aliphatic carbocycles. The Morgan fingerprint density at radius 1 is 0.533 bits per heavy atom. The van der Waals surface area contributed by atoms with Crippen LogP contribution in [0.4, 0.5) is 0 Å². The topological polar surface area (TPSA) is 39.9 Å². The fourth-order valence-electron chi connectivity index (χ4n) is 5.72. The van der Waals surface area contributed by atoms with E-state index in [1.54, 1.807) is 6.20 Å². The van der Waals surface area contributed by atoms with E-state index in [2.05, 4.69) is 101 Å². The molecule has 3 aromatic heterocycles. The Labute approximate surface area is 275 Å². The summed E-state index contributed by atoms with van der Waals surface area (Å²) in [6.07, 6.45) is 3.62. The van der Waals surface area contributed by atoms with Crippen LogP contribution in [-0.2, 0) is 21.1 Å². The minimum Gasteiger partial charge on any atom is -0.459 e. The second-order valence-electron chi connectivity index (χ2n) is 10.5. The molecule has 0 spiro atoms. The van der Waals surface area contributed by atoms with Gasteiger partial charge in [-0.15, -0.1) is 18.2 Å². The Bertz CT molecular complexity index is 2260. The van der Waals surface area contributed by atoms with Crippen molar-refractivity contribution in [2.75, 3.05) is 0 Å². The van der Waals surface area contributed by atoms with Crippen molar-refractivity contribution in [1.82, 2.24) is 14.5 Å². The molecule has 0 radical (unpaired) electrons. The average Bonchev–Trinajstić information content (AvgIpc) is 3.43. The molecule has 0 amide bonds. The van der Waals surface area contributed by atoms with E-state index in [1.807, 2.05) is 66.9 Å². The van der Waals surface area contributed by atoms with Crippen LogP contribution in [0.5, 0.6) is 11.6 Å². The number of ether oxygens (including phenoxy) is 1. The first-order valence-corrected chi connectivity index (χ1v) is 14.5. The number of hydrogen-bond donors (Lipinski definition) is 0. The van der Waals surface area contributed by atoms with Gasteiger partial charge in [-0.25, -0.2) is 21.1 Å². The van der Waals surface area contributed by atoms with Crippen molar-refractivity contribution in [2.24, 2.45) is 0 Å². The van der Waals surface area contributed by atoms with Gasteiger partial charge in [-0.1, -0.05) is 84.2 Å². The molecule has 0 saturated carbocycles. The van der Waals surface area contributed by atoms with E-state index in [9.17, 15) is 0 Å². The van der Waals surface area contributed by atoms with Gasteiger partial charge in [0.15, 0.2) is 0 Å². The number of fused-ring (bicyclic) bond motifs is 3. The standard InChI is InChI=1S/C40H25N3O.Pt/c1-3-11-28(12-4-1)32-22-24-41-39(27-32)43-37-19-8-7-17-35(37)36-21-20-31(26-38(36)43)30-15-9-16-33(25-30)44-40-34(18-10-23-42-40)29-13-5-2-6-14-29;/h1-24,27H;/q-2;+2. The third-order valence-electron chi connectivity index (χ3n) is 7.79. The first-order chi connectivity index (χ1) is 21.8. The SMILES string of the molecule is [Pt+2].[c-]1c(Oc2ncccc2-c2ccccc2)cccc1-c1[c-]c2c(cc1)c1ccccc1n2-c1cc(-c2ccccc2)ccn1. The Hall–Kier alpha value is -5.31. The maximum Gasteiger partial charge on any atom is 2.00 e. The van der Waals surface area contributed by atoms with Gasteiger partial charge in [-0.2, -0.15) is 24.3 Å². The van der Waals surface area contributed by atoms with Gasteiger partial charge < -0.3 is 9.30 Å². The van der Waals surface area contributed by atoms with Crippen molar-refractivity contribution >= 4 is 21.8 Å². The van der Waals surface area contributed by atoms with Crippen LogP contribution in [0.15, 0.2) is 152 Å². The van der Waals surface area contributed by atoms with Crippen molar-refractivity contribution in [1.29, 1.82) is 0 Å². The third-order valence-corrected chi connectivity index (χ3v) is 7.79. The van der Waals surface area contributed by atoms with Crippen molar-refractivity contribution in [3.63, 3.8) is 0 Å². The second-order valence-corrected chi connectivity index (χ2v) is 10.5. The number of para-hydroxylation sites is 1. The summed E-state index contributed by atoms with van der Waals surface area (Å²) in [7, 11) is 0. The Kier molecular flexibility index (Phi) is 7.81. The smallest absolute Gasteiger partial charge is 0.459 e. The summed E-state index contributed by atoms with van der Waals surface area (Å²) >= 11 is 0. The molecule has 5 heteroatoms. The molecule has 45 heavy (non-hydrogen) atoms. The maximum atomic E-state index is 6.31. The van der Waals surface area contributed by atoms with Crippen molar-refractivity contribution in [2.45, 2.75) is 0 Å². The molecule has 0 unspecified atom stereocenters. The van der Waals surface area contributed by atoms with Gasteiger partial charge in [0.05, 0.1) is 0 Å². The predicted molar refractivity (Wildman–Crippen MR) is 177 cm³/mol. The van der Waals surface area contributed by atoms with E-state index in [4.69, 9.17) is 9.72 Å². The van der Waals surface area contributed by atoms with Gasteiger partial charge in [-0.05, 0) is 57.9 Å². The van der Waals surface area contributed by atoms with Gasteiger partial charge in [-0.3, -0.25) is 0 Å². The predicted octanol–water partition coefficient (Wildman–Crippen LogP) is 9.96.